The molecule has 5 heteroatoms. The van der Waals surface area contributed by atoms with Crippen LogP contribution in [0.15, 0.2) is 10.4 Å². The topological polar surface area (TPSA) is 49.3 Å². The molecule has 2 N–H and O–H groups in total. The molecule has 0 spiro atoms. The Morgan fingerprint density at radius 3 is 2.80 bits per heavy atom. The molecule has 0 saturated carbocycles. The van der Waals surface area contributed by atoms with Crippen molar-refractivity contribution in [3.63, 3.8) is 0 Å². The zero-order valence-electron chi connectivity index (χ0n) is 9.66. The number of aliphatic imine (C=N–C) groups is 1. The monoisotopic (exact) mass is 226 g/mol. The van der Waals surface area contributed by atoms with E-state index >= 15 is 0 Å². The van der Waals surface area contributed by atoms with Crippen LogP contribution in [0, 0.1) is 6.92 Å². The average Bonchev–Trinajstić information content (AvgIpc) is 2.58. The molecule has 0 amide bonds. The van der Waals surface area contributed by atoms with Crippen LogP contribution < -0.4 is 10.6 Å². The lowest BCUT2D eigenvalue weighted by Gasteiger charge is -2.13. The molecule has 4 nitrogen and oxygen atoms in total. The van der Waals surface area contributed by atoms with Crippen molar-refractivity contribution in [2.45, 2.75) is 33.4 Å². The number of rotatable bonds is 3. The van der Waals surface area contributed by atoms with Gasteiger partial charge in [0.05, 0.1) is 6.54 Å². The molecule has 0 bridgehead atoms. The summed E-state index contributed by atoms with van der Waals surface area (Å²) in [5.74, 6) is 0.817. The van der Waals surface area contributed by atoms with Crippen LogP contribution in [-0.2, 0) is 6.54 Å². The van der Waals surface area contributed by atoms with Crippen LogP contribution in [0.5, 0.6) is 0 Å². The van der Waals surface area contributed by atoms with Crippen LogP contribution in [0.1, 0.15) is 24.5 Å². The van der Waals surface area contributed by atoms with Crippen molar-refractivity contribution in [3.05, 3.63) is 16.1 Å². The van der Waals surface area contributed by atoms with E-state index in [9.17, 15) is 0 Å². The Bertz CT molecular complexity index is 330. The van der Waals surface area contributed by atoms with Gasteiger partial charge in [-0.3, -0.25) is 4.99 Å². The number of nitrogens with zero attached hydrogens (tertiary/aromatic N) is 2. The molecular formula is C10H18N4S. The highest BCUT2D eigenvalue weighted by Crippen LogP contribution is 2.07. The van der Waals surface area contributed by atoms with Gasteiger partial charge in [-0.15, -0.1) is 11.3 Å². The van der Waals surface area contributed by atoms with Gasteiger partial charge in [-0.05, 0) is 20.8 Å². The summed E-state index contributed by atoms with van der Waals surface area (Å²) in [6.07, 6.45) is 0. The number of hydrogen-bond donors (Lipinski definition) is 2. The first kappa shape index (κ1) is 12.0. The highest BCUT2D eigenvalue weighted by atomic mass is 32.1. The third kappa shape index (κ3) is 4.29. The Morgan fingerprint density at radius 1 is 1.60 bits per heavy atom. The summed E-state index contributed by atoms with van der Waals surface area (Å²) < 4.78 is 0. The number of nitrogens with one attached hydrogen (secondary N) is 2. The van der Waals surface area contributed by atoms with Gasteiger partial charge in [0.2, 0.25) is 0 Å². The highest BCUT2D eigenvalue weighted by molar-refractivity contribution is 7.09. The Kier molecular flexibility index (Phi) is 4.55. The Labute approximate surface area is 94.8 Å². The fourth-order valence-electron chi connectivity index (χ4n) is 1.11. The zero-order valence-corrected chi connectivity index (χ0v) is 10.5. The Hall–Kier alpha value is -1.10. The number of hydrogen-bond acceptors (Lipinski definition) is 3. The summed E-state index contributed by atoms with van der Waals surface area (Å²) >= 11 is 1.66. The van der Waals surface area contributed by atoms with Crippen LogP contribution in [0.3, 0.4) is 0 Å². The molecule has 0 aliphatic heterocycles. The van der Waals surface area contributed by atoms with Crippen molar-refractivity contribution < 1.29 is 0 Å². The zero-order chi connectivity index (χ0) is 11.3. The molecule has 1 heterocycles. The smallest absolute Gasteiger partial charge is 0.191 e. The first-order valence-corrected chi connectivity index (χ1v) is 5.88. The third-order valence-electron chi connectivity index (χ3n) is 1.72. The fraction of sp³-hybridized carbons (Fsp3) is 0.600. The quantitative estimate of drug-likeness (QED) is 0.607. The molecule has 0 atom stereocenters. The molecule has 0 radical (unpaired) electrons. The average molecular weight is 226 g/mol. The normalized spacial score (nSPS) is 11.9. The maximum atomic E-state index is 4.37. The molecule has 0 fully saturated rings. The van der Waals surface area contributed by atoms with Gasteiger partial charge in [0.1, 0.15) is 5.01 Å². The lowest BCUT2D eigenvalue weighted by Crippen LogP contribution is -2.40. The molecule has 15 heavy (non-hydrogen) atoms. The second-order valence-electron chi connectivity index (χ2n) is 3.61. The molecular weight excluding hydrogens is 208 g/mol. The summed E-state index contributed by atoms with van der Waals surface area (Å²) in [4.78, 5) is 8.49. The van der Waals surface area contributed by atoms with Crippen LogP contribution in [-0.4, -0.2) is 24.0 Å². The van der Waals surface area contributed by atoms with E-state index in [4.69, 9.17) is 0 Å². The van der Waals surface area contributed by atoms with Crippen LogP contribution in [0.4, 0.5) is 0 Å². The lowest BCUT2D eigenvalue weighted by molar-refractivity contribution is 0.698. The van der Waals surface area contributed by atoms with E-state index in [-0.39, 0.29) is 0 Å². The summed E-state index contributed by atoms with van der Waals surface area (Å²) in [5, 5.41) is 9.57. The van der Waals surface area contributed by atoms with Gasteiger partial charge in [-0.2, -0.15) is 0 Å². The molecule has 1 aromatic heterocycles. The molecule has 0 saturated heterocycles. The maximum Gasteiger partial charge on any atom is 0.191 e. The van der Waals surface area contributed by atoms with E-state index in [0.29, 0.717) is 6.04 Å². The molecule has 0 unspecified atom stereocenters. The number of aromatic nitrogens is 1. The molecule has 0 aliphatic carbocycles. The van der Waals surface area contributed by atoms with Gasteiger partial charge in [0.15, 0.2) is 5.96 Å². The van der Waals surface area contributed by atoms with Crippen LogP contribution in [0.2, 0.25) is 0 Å². The summed E-state index contributed by atoms with van der Waals surface area (Å²) in [6.45, 7) is 6.90. The summed E-state index contributed by atoms with van der Waals surface area (Å²) in [5.41, 5.74) is 1.07. The van der Waals surface area contributed by atoms with E-state index < -0.39 is 0 Å². The second kappa shape index (κ2) is 5.70. The number of thiazole rings is 1. The predicted molar refractivity (Wildman–Crippen MR) is 65.3 cm³/mol. The minimum atomic E-state index is 0.384. The van der Waals surface area contributed by atoms with E-state index in [0.717, 1.165) is 23.2 Å². The van der Waals surface area contributed by atoms with Gasteiger partial charge in [-0.1, -0.05) is 0 Å². The first-order chi connectivity index (χ1) is 7.11. The number of guanidine groups is 1. The Balaban J connectivity index is 2.41. The van der Waals surface area contributed by atoms with E-state index in [1.165, 1.54) is 0 Å². The van der Waals surface area contributed by atoms with Crippen molar-refractivity contribution in [1.29, 1.82) is 0 Å². The van der Waals surface area contributed by atoms with Gasteiger partial charge < -0.3 is 10.6 Å². The van der Waals surface area contributed by atoms with Crippen LogP contribution in [0.25, 0.3) is 0 Å². The molecule has 1 aromatic rings. The highest BCUT2D eigenvalue weighted by Gasteiger charge is 2.02. The molecule has 1 rings (SSSR count). The van der Waals surface area contributed by atoms with Crippen molar-refractivity contribution in [1.82, 2.24) is 15.6 Å². The molecule has 0 aliphatic rings. The van der Waals surface area contributed by atoms with Crippen LogP contribution >= 0.6 is 11.3 Å². The minimum Gasteiger partial charge on any atom is -0.354 e. The SMILES string of the molecule is CN=C(NCc1nc(C)cs1)NC(C)C. The van der Waals surface area contributed by atoms with Gasteiger partial charge in [0.25, 0.3) is 0 Å². The largest absolute Gasteiger partial charge is 0.354 e. The van der Waals surface area contributed by atoms with E-state index in [1.54, 1.807) is 18.4 Å². The lowest BCUT2D eigenvalue weighted by atomic mass is 10.4. The Morgan fingerprint density at radius 2 is 2.33 bits per heavy atom. The van der Waals surface area contributed by atoms with Crippen molar-refractivity contribution in [3.8, 4) is 0 Å². The molecule has 84 valence electrons. The number of aryl methyl sites for hydroxylation is 1. The van der Waals surface area contributed by atoms with Crippen molar-refractivity contribution in [2.75, 3.05) is 7.05 Å². The third-order valence-corrected chi connectivity index (χ3v) is 2.69. The van der Waals surface area contributed by atoms with E-state index in [1.807, 2.05) is 6.92 Å². The predicted octanol–water partition coefficient (Wildman–Crippen LogP) is 1.52. The molecule has 0 aromatic carbocycles. The standard InChI is InChI=1S/C10H18N4S/c1-7(2)13-10(11-4)12-5-9-14-8(3)6-15-9/h6-7H,5H2,1-4H3,(H2,11,12,13). The maximum absolute atomic E-state index is 4.37. The first-order valence-electron chi connectivity index (χ1n) is 5.00. The second-order valence-corrected chi connectivity index (χ2v) is 4.55. The van der Waals surface area contributed by atoms with E-state index in [2.05, 4.69) is 39.8 Å². The fourth-order valence-corrected chi connectivity index (χ4v) is 1.82. The van der Waals surface area contributed by atoms with Gasteiger partial charge in [0, 0.05) is 24.2 Å². The summed E-state index contributed by atoms with van der Waals surface area (Å²) in [6, 6.07) is 0.384. The van der Waals surface area contributed by atoms with Gasteiger partial charge in [-0.25, -0.2) is 4.98 Å². The van der Waals surface area contributed by atoms with Crippen molar-refractivity contribution >= 4 is 17.3 Å². The van der Waals surface area contributed by atoms with Crippen molar-refractivity contribution in [2.24, 2.45) is 4.99 Å². The minimum absolute atomic E-state index is 0.384. The summed E-state index contributed by atoms with van der Waals surface area (Å²) in [7, 11) is 1.77. The van der Waals surface area contributed by atoms with Gasteiger partial charge >= 0.3 is 0 Å².